The van der Waals surface area contributed by atoms with Gasteiger partial charge in [0.15, 0.2) is 0 Å². The van der Waals surface area contributed by atoms with Gasteiger partial charge in [0, 0.05) is 0 Å². The summed E-state index contributed by atoms with van der Waals surface area (Å²) in [6.45, 7) is 9.02. The Bertz CT molecular complexity index is 321. The average molecular weight is 206 g/mol. The van der Waals surface area contributed by atoms with Crippen LogP contribution in [0.15, 0.2) is 18.2 Å². The largest absolute Gasteiger partial charge is 0.497 e. The first-order valence-corrected chi connectivity index (χ1v) is 5.62. The molecule has 0 unspecified atom stereocenters. The Kier molecular flexibility index (Phi) is 3.78. The van der Waals surface area contributed by atoms with Gasteiger partial charge in [-0.3, -0.25) is 0 Å². The summed E-state index contributed by atoms with van der Waals surface area (Å²) >= 11 is 0. The van der Waals surface area contributed by atoms with Gasteiger partial charge in [-0.1, -0.05) is 33.8 Å². The average Bonchev–Trinajstić information content (AvgIpc) is 2.16. The molecule has 1 nitrogen and oxygen atoms in total. The molecule has 0 aromatic heterocycles. The van der Waals surface area contributed by atoms with Crippen molar-refractivity contribution in [1.82, 2.24) is 0 Å². The quantitative estimate of drug-likeness (QED) is 0.730. The number of hydrogen-bond donors (Lipinski definition) is 0. The normalized spacial score (nSPS) is 11.5. The van der Waals surface area contributed by atoms with Gasteiger partial charge in [0.2, 0.25) is 0 Å². The van der Waals surface area contributed by atoms with Crippen LogP contribution in [0.2, 0.25) is 0 Å². The fourth-order valence-corrected chi connectivity index (χ4v) is 1.80. The minimum Gasteiger partial charge on any atom is -0.497 e. The van der Waals surface area contributed by atoms with E-state index in [1.807, 2.05) is 0 Å². The third-order valence-corrected chi connectivity index (χ3v) is 2.52. The van der Waals surface area contributed by atoms with Gasteiger partial charge >= 0.3 is 0 Å². The molecule has 0 aliphatic heterocycles. The minimum absolute atomic E-state index is 0.346. The predicted molar refractivity (Wildman–Crippen MR) is 65.5 cm³/mol. The molecular weight excluding hydrogens is 184 g/mol. The third kappa shape index (κ3) is 3.58. The van der Waals surface area contributed by atoms with Gasteiger partial charge in [-0.25, -0.2) is 0 Å². The zero-order valence-corrected chi connectivity index (χ0v) is 10.6. The first-order chi connectivity index (χ1) is 6.96. The summed E-state index contributed by atoms with van der Waals surface area (Å²) in [7, 11) is 1.72. The third-order valence-electron chi connectivity index (χ3n) is 2.52. The van der Waals surface area contributed by atoms with Crippen molar-refractivity contribution in [2.75, 3.05) is 7.11 Å². The van der Waals surface area contributed by atoms with Crippen LogP contribution in [0.1, 0.15) is 38.8 Å². The summed E-state index contributed by atoms with van der Waals surface area (Å²) in [4.78, 5) is 0. The Balaban J connectivity index is 2.97. The maximum Gasteiger partial charge on any atom is 0.119 e. The van der Waals surface area contributed by atoms with E-state index in [4.69, 9.17) is 4.74 Å². The zero-order valence-electron chi connectivity index (χ0n) is 10.6. The van der Waals surface area contributed by atoms with Crippen LogP contribution in [0.25, 0.3) is 0 Å². The Morgan fingerprint density at radius 2 is 1.80 bits per heavy atom. The van der Waals surface area contributed by atoms with Crippen molar-refractivity contribution in [3.8, 4) is 5.75 Å². The SMILES string of the molecule is CCc1cc(OC)ccc1CC(C)(C)C. The molecule has 0 spiro atoms. The predicted octanol–water partition coefficient (Wildman–Crippen LogP) is 3.85. The van der Waals surface area contributed by atoms with Crippen LogP contribution in [0.4, 0.5) is 0 Å². The number of rotatable bonds is 3. The Hall–Kier alpha value is -0.980. The number of aryl methyl sites for hydroxylation is 1. The lowest BCUT2D eigenvalue weighted by molar-refractivity contribution is 0.404. The van der Waals surface area contributed by atoms with Crippen LogP contribution in [-0.2, 0) is 12.8 Å². The van der Waals surface area contributed by atoms with Gasteiger partial charge in [-0.2, -0.15) is 0 Å². The first kappa shape index (κ1) is 12.1. The van der Waals surface area contributed by atoms with Crippen LogP contribution in [0.5, 0.6) is 5.75 Å². The van der Waals surface area contributed by atoms with E-state index in [-0.39, 0.29) is 0 Å². The van der Waals surface area contributed by atoms with Crippen molar-refractivity contribution in [3.05, 3.63) is 29.3 Å². The van der Waals surface area contributed by atoms with Gasteiger partial charge < -0.3 is 4.74 Å². The summed E-state index contributed by atoms with van der Waals surface area (Å²) in [6, 6.07) is 6.41. The van der Waals surface area contributed by atoms with Gasteiger partial charge in [0.05, 0.1) is 7.11 Å². The van der Waals surface area contributed by atoms with E-state index in [1.54, 1.807) is 7.11 Å². The fraction of sp³-hybridized carbons (Fsp3) is 0.571. The van der Waals surface area contributed by atoms with E-state index in [2.05, 4.69) is 45.9 Å². The second kappa shape index (κ2) is 4.69. The van der Waals surface area contributed by atoms with Crippen LogP contribution in [0, 0.1) is 5.41 Å². The molecule has 0 fully saturated rings. The molecule has 0 bridgehead atoms. The first-order valence-electron chi connectivity index (χ1n) is 5.62. The summed E-state index contributed by atoms with van der Waals surface area (Å²) in [6.07, 6.45) is 2.20. The van der Waals surface area contributed by atoms with Crippen molar-refractivity contribution < 1.29 is 4.74 Å². The van der Waals surface area contributed by atoms with Crippen LogP contribution in [-0.4, -0.2) is 7.11 Å². The van der Waals surface area contributed by atoms with E-state index in [1.165, 1.54) is 11.1 Å². The zero-order chi connectivity index (χ0) is 11.5. The molecule has 0 saturated carbocycles. The number of benzene rings is 1. The topological polar surface area (TPSA) is 9.23 Å². The maximum atomic E-state index is 5.24. The number of methoxy groups -OCH3 is 1. The van der Waals surface area contributed by atoms with Crippen molar-refractivity contribution in [2.24, 2.45) is 5.41 Å². The lowest BCUT2D eigenvalue weighted by Crippen LogP contribution is -2.10. The molecule has 1 aromatic carbocycles. The summed E-state index contributed by atoms with van der Waals surface area (Å²) in [5, 5.41) is 0. The van der Waals surface area contributed by atoms with E-state index >= 15 is 0 Å². The molecule has 1 heteroatoms. The Morgan fingerprint density at radius 3 is 2.27 bits per heavy atom. The van der Waals surface area contributed by atoms with E-state index in [0.29, 0.717) is 5.41 Å². The van der Waals surface area contributed by atoms with Crippen LogP contribution < -0.4 is 4.74 Å². The standard InChI is InChI=1S/C14H22O/c1-6-11-9-13(15-5)8-7-12(11)10-14(2,3)4/h7-9H,6,10H2,1-5H3. The van der Waals surface area contributed by atoms with E-state index < -0.39 is 0 Å². The van der Waals surface area contributed by atoms with Crippen molar-refractivity contribution >= 4 is 0 Å². The maximum absolute atomic E-state index is 5.24. The molecule has 1 rings (SSSR count). The Morgan fingerprint density at radius 1 is 1.13 bits per heavy atom. The highest BCUT2D eigenvalue weighted by atomic mass is 16.5. The number of ether oxygens (including phenoxy) is 1. The monoisotopic (exact) mass is 206 g/mol. The molecule has 0 aliphatic rings. The minimum atomic E-state index is 0.346. The smallest absolute Gasteiger partial charge is 0.119 e. The molecule has 0 N–H and O–H groups in total. The summed E-state index contributed by atoms with van der Waals surface area (Å²) < 4.78 is 5.24. The molecule has 0 saturated heterocycles. The highest BCUT2D eigenvalue weighted by Crippen LogP contribution is 2.26. The van der Waals surface area contributed by atoms with Gasteiger partial charge in [-0.05, 0) is 41.5 Å². The molecule has 15 heavy (non-hydrogen) atoms. The van der Waals surface area contributed by atoms with Gasteiger partial charge in [0.1, 0.15) is 5.75 Å². The van der Waals surface area contributed by atoms with E-state index in [9.17, 15) is 0 Å². The molecule has 0 aliphatic carbocycles. The second-order valence-electron chi connectivity index (χ2n) is 5.23. The molecule has 0 heterocycles. The highest BCUT2D eigenvalue weighted by molar-refractivity contribution is 5.36. The van der Waals surface area contributed by atoms with Gasteiger partial charge in [0.25, 0.3) is 0 Å². The Labute approximate surface area is 93.5 Å². The summed E-state index contributed by atoms with van der Waals surface area (Å²) in [5.74, 6) is 0.963. The molecule has 0 atom stereocenters. The molecule has 1 aromatic rings. The molecular formula is C14H22O. The van der Waals surface area contributed by atoms with Crippen LogP contribution in [0.3, 0.4) is 0 Å². The molecule has 0 radical (unpaired) electrons. The molecule has 84 valence electrons. The van der Waals surface area contributed by atoms with Gasteiger partial charge in [-0.15, -0.1) is 0 Å². The fourth-order valence-electron chi connectivity index (χ4n) is 1.80. The van der Waals surface area contributed by atoms with Crippen LogP contribution >= 0.6 is 0 Å². The highest BCUT2D eigenvalue weighted by Gasteiger charge is 2.13. The van der Waals surface area contributed by atoms with Crippen molar-refractivity contribution in [2.45, 2.75) is 40.5 Å². The lowest BCUT2D eigenvalue weighted by atomic mass is 9.86. The second-order valence-corrected chi connectivity index (χ2v) is 5.23. The summed E-state index contributed by atoms with van der Waals surface area (Å²) in [5.41, 5.74) is 3.20. The lowest BCUT2D eigenvalue weighted by Gasteiger charge is -2.20. The van der Waals surface area contributed by atoms with Crippen molar-refractivity contribution in [3.63, 3.8) is 0 Å². The van der Waals surface area contributed by atoms with Crippen molar-refractivity contribution in [1.29, 1.82) is 0 Å². The number of hydrogen-bond acceptors (Lipinski definition) is 1. The van der Waals surface area contributed by atoms with E-state index in [0.717, 1.165) is 18.6 Å². The molecule has 0 amide bonds.